The average Bonchev–Trinajstić information content (AvgIpc) is 2.37. The molecule has 6 heteroatoms. The van der Waals surface area contributed by atoms with Crippen LogP contribution in [-0.4, -0.2) is 35.6 Å². The molecule has 5 nitrogen and oxygen atoms in total. The lowest BCUT2D eigenvalue weighted by Crippen LogP contribution is -2.40. The second-order valence-corrected chi connectivity index (χ2v) is 4.84. The van der Waals surface area contributed by atoms with Gasteiger partial charge >= 0.3 is 12.0 Å². The van der Waals surface area contributed by atoms with E-state index in [1.54, 1.807) is 26.1 Å². The summed E-state index contributed by atoms with van der Waals surface area (Å²) in [6, 6.07) is 6.89. The van der Waals surface area contributed by atoms with Gasteiger partial charge in [0.15, 0.2) is 0 Å². The molecule has 2 N–H and O–H groups in total. The average molecular weight is 285 g/mol. The van der Waals surface area contributed by atoms with E-state index in [2.05, 4.69) is 5.32 Å². The van der Waals surface area contributed by atoms with E-state index in [4.69, 9.17) is 16.7 Å². The van der Waals surface area contributed by atoms with Gasteiger partial charge in [-0.15, -0.1) is 0 Å². The first-order valence-electron chi connectivity index (χ1n) is 5.86. The Labute approximate surface area is 117 Å². The minimum absolute atomic E-state index is 0.110. The molecule has 1 unspecified atom stereocenters. The fourth-order valence-corrected chi connectivity index (χ4v) is 1.52. The van der Waals surface area contributed by atoms with Gasteiger partial charge in [-0.25, -0.2) is 4.79 Å². The van der Waals surface area contributed by atoms with Gasteiger partial charge in [-0.2, -0.15) is 0 Å². The highest BCUT2D eigenvalue weighted by Crippen LogP contribution is 2.10. The molecule has 0 spiro atoms. The summed E-state index contributed by atoms with van der Waals surface area (Å²) in [7, 11) is 1.65. The smallest absolute Gasteiger partial charge is 0.317 e. The van der Waals surface area contributed by atoms with Gasteiger partial charge in [0.05, 0.1) is 5.92 Å². The van der Waals surface area contributed by atoms with Gasteiger partial charge < -0.3 is 15.3 Å². The highest BCUT2D eigenvalue weighted by atomic mass is 35.5. The molecule has 0 aliphatic rings. The summed E-state index contributed by atoms with van der Waals surface area (Å²) >= 11 is 5.78. The Morgan fingerprint density at radius 3 is 2.47 bits per heavy atom. The van der Waals surface area contributed by atoms with Crippen molar-refractivity contribution in [2.45, 2.75) is 13.5 Å². The van der Waals surface area contributed by atoms with Crippen LogP contribution in [0.1, 0.15) is 12.5 Å². The van der Waals surface area contributed by atoms with E-state index < -0.39 is 11.9 Å². The molecule has 0 aliphatic heterocycles. The molecule has 2 amide bonds. The second kappa shape index (κ2) is 6.99. The van der Waals surface area contributed by atoms with Crippen LogP contribution in [0.25, 0.3) is 0 Å². The number of halogens is 1. The molecule has 0 radical (unpaired) electrons. The number of aliphatic carboxylic acids is 1. The summed E-state index contributed by atoms with van der Waals surface area (Å²) in [6.07, 6.45) is 0. The molecule has 1 aromatic carbocycles. The van der Waals surface area contributed by atoms with Crippen molar-refractivity contribution in [2.24, 2.45) is 5.92 Å². The number of carboxylic acid groups (broad SMARTS) is 1. The van der Waals surface area contributed by atoms with Crippen LogP contribution in [0.4, 0.5) is 4.79 Å². The number of amides is 2. The van der Waals surface area contributed by atoms with Crippen molar-refractivity contribution in [3.05, 3.63) is 34.9 Å². The Morgan fingerprint density at radius 2 is 1.95 bits per heavy atom. The Bertz CT molecular complexity index is 448. The van der Waals surface area contributed by atoms with Crippen LogP contribution in [-0.2, 0) is 11.3 Å². The van der Waals surface area contributed by atoms with E-state index in [0.717, 1.165) is 5.56 Å². The SMILES string of the molecule is CC(CNC(=O)N(C)Cc1ccc(Cl)cc1)C(=O)O. The fourth-order valence-electron chi connectivity index (χ4n) is 1.40. The fraction of sp³-hybridized carbons (Fsp3) is 0.385. The highest BCUT2D eigenvalue weighted by Gasteiger charge is 2.14. The molecular weight excluding hydrogens is 268 g/mol. The van der Waals surface area contributed by atoms with Gasteiger partial charge in [0.1, 0.15) is 0 Å². The van der Waals surface area contributed by atoms with Crippen LogP contribution >= 0.6 is 11.6 Å². The number of nitrogens with one attached hydrogen (secondary N) is 1. The summed E-state index contributed by atoms with van der Waals surface area (Å²) in [5.74, 6) is -1.53. The molecule has 19 heavy (non-hydrogen) atoms. The van der Waals surface area contributed by atoms with Crippen molar-refractivity contribution in [2.75, 3.05) is 13.6 Å². The second-order valence-electron chi connectivity index (χ2n) is 4.41. The van der Waals surface area contributed by atoms with Crippen LogP contribution in [0.3, 0.4) is 0 Å². The molecule has 0 aliphatic carbocycles. The zero-order valence-corrected chi connectivity index (χ0v) is 11.6. The first-order chi connectivity index (χ1) is 8.90. The van der Waals surface area contributed by atoms with Crippen LogP contribution in [0.5, 0.6) is 0 Å². The molecule has 0 bridgehead atoms. The molecule has 1 rings (SSSR count). The van der Waals surface area contributed by atoms with Crippen molar-refractivity contribution in [3.8, 4) is 0 Å². The number of urea groups is 1. The number of hydrogen-bond donors (Lipinski definition) is 2. The predicted octanol–water partition coefficient (Wildman–Crippen LogP) is 2.20. The Kier molecular flexibility index (Phi) is 5.63. The number of rotatable bonds is 5. The standard InChI is InChI=1S/C13H17ClN2O3/c1-9(12(17)18)7-15-13(19)16(2)8-10-3-5-11(14)6-4-10/h3-6,9H,7-8H2,1-2H3,(H,15,19)(H,17,18). The number of benzene rings is 1. The summed E-state index contributed by atoms with van der Waals surface area (Å²) in [4.78, 5) is 23.8. The minimum Gasteiger partial charge on any atom is -0.481 e. The van der Waals surface area contributed by atoms with Crippen LogP contribution in [0, 0.1) is 5.92 Å². The van der Waals surface area contributed by atoms with Gasteiger partial charge in [0, 0.05) is 25.2 Å². The van der Waals surface area contributed by atoms with Gasteiger partial charge in [0.2, 0.25) is 0 Å². The van der Waals surface area contributed by atoms with Crippen molar-refractivity contribution >= 4 is 23.6 Å². The molecule has 0 aromatic heterocycles. The van der Waals surface area contributed by atoms with Crippen molar-refractivity contribution < 1.29 is 14.7 Å². The zero-order chi connectivity index (χ0) is 14.4. The minimum atomic E-state index is -0.930. The first kappa shape index (κ1) is 15.3. The molecule has 1 atom stereocenters. The maximum atomic E-state index is 11.7. The van der Waals surface area contributed by atoms with E-state index in [1.807, 2.05) is 12.1 Å². The number of carbonyl (C=O) groups is 2. The van der Waals surface area contributed by atoms with Gasteiger partial charge in [-0.1, -0.05) is 30.7 Å². The maximum absolute atomic E-state index is 11.7. The van der Waals surface area contributed by atoms with Gasteiger partial charge in [-0.05, 0) is 17.7 Å². The van der Waals surface area contributed by atoms with E-state index in [1.165, 1.54) is 4.90 Å². The van der Waals surface area contributed by atoms with Crippen molar-refractivity contribution in [1.29, 1.82) is 0 Å². The lowest BCUT2D eigenvalue weighted by atomic mass is 10.2. The highest BCUT2D eigenvalue weighted by molar-refractivity contribution is 6.30. The third-order valence-electron chi connectivity index (χ3n) is 2.66. The Morgan fingerprint density at radius 1 is 1.37 bits per heavy atom. The molecule has 104 valence electrons. The third kappa shape index (κ3) is 5.18. The van der Waals surface area contributed by atoms with E-state index in [-0.39, 0.29) is 12.6 Å². The molecule has 0 saturated carbocycles. The quantitative estimate of drug-likeness (QED) is 0.871. The predicted molar refractivity (Wildman–Crippen MR) is 73.1 cm³/mol. The molecule has 1 aromatic rings. The van der Waals surface area contributed by atoms with E-state index >= 15 is 0 Å². The normalized spacial score (nSPS) is 11.7. The third-order valence-corrected chi connectivity index (χ3v) is 2.91. The lowest BCUT2D eigenvalue weighted by Gasteiger charge is -2.19. The monoisotopic (exact) mass is 284 g/mol. The van der Waals surface area contributed by atoms with Crippen molar-refractivity contribution in [3.63, 3.8) is 0 Å². The largest absolute Gasteiger partial charge is 0.481 e. The number of hydrogen-bond acceptors (Lipinski definition) is 2. The number of carbonyl (C=O) groups excluding carboxylic acids is 1. The molecule has 0 fully saturated rings. The number of carboxylic acids is 1. The van der Waals surface area contributed by atoms with Gasteiger partial charge in [0.25, 0.3) is 0 Å². The van der Waals surface area contributed by atoms with Crippen molar-refractivity contribution in [1.82, 2.24) is 10.2 Å². The molecule has 0 saturated heterocycles. The first-order valence-corrected chi connectivity index (χ1v) is 6.24. The zero-order valence-electron chi connectivity index (χ0n) is 10.9. The van der Waals surface area contributed by atoms with Crippen LogP contribution in [0.15, 0.2) is 24.3 Å². The summed E-state index contributed by atoms with van der Waals surface area (Å²) in [5.41, 5.74) is 0.952. The summed E-state index contributed by atoms with van der Waals surface area (Å²) < 4.78 is 0. The molecular formula is C13H17ClN2O3. The Hall–Kier alpha value is -1.75. The van der Waals surface area contributed by atoms with Crippen LogP contribution < -0.4 is 5.32 Å². The van der Waals surface area contributed by atoms with E-state index in [9.17, 15) is 9.59 Å². The maximum Gasteiger partial charge on any atom is 0.317 e. The van der Waals surface area contributed by atoms with E-state index in [0.29, 0.717) is 11.6 Å². The topological polar surface area (TPSA) is 69.6 Å². The number of nitrogens with zero attached hydrogens (tertiary/aromatic N) is 1. The van der Waals surface area contributed by atoms with Gasteiger partial charge in [-0.3, -0.25) is 4.79 Å². The summed E-state index contributed by atoms with van der Waals surface area (Å²) in [5, 5.41) is 11.9. The van der Waals surface area contributed by atoms with Crippen LogP contribution in [0.2, 0.25) is 5.02 Å². The lowest BCUT2D eigenvalue weighted by molar-refractivity contribution is -0.140. The summed E-state index contributed by atoms with van der Waals surface area (Å²) in [6.45, 7) is 2.09. The Balaban J connectivity index is 2.44. The molecule has 0 heterocycles.